The highest BCUT2D eigenvalue weighted by atomic mass is 14.9. The van der Waals surface area contributed by atoms with Crippen molar-refractivity contribution in [3.63, 3.8) is 0 Å². The molecule has 0 bridgehead atoms. The summed E-state index contributed by atoms with van der Waals surface area (Å²) in [4.78, 5) is 0. The number of aromatic nitrogens is 1. The number of aryl methyl sites for hydroxylation is 2. The van der Waals surface area contributed by atoms with Crippen molar-refractivity contribution in [3.8, 4) is 22.4 Å². The van der Waals surface area contributed by atoms with E-state index in [0.717, 1.165) is 22.4 Å². The first-order chi connectivity index (χ1) is 12.6. The summed E-state index contributed by atoms with van der Waals surface area (Å²) in [6.07, 6.45) is 0.659. The van der Waals surface area contributed by atoms with Crippen LogP contribution in [0, 0.1) is 6.92 Å². The molecular formula is C24H26N+. The lowest BCUT2D eigenvalue weighted by Crippen LogP contribution is -2.30. The van der Waals surface area contributed by atoms with Gasteiger partial charge in [-0.2, -0.15) is 0 Å². The lowest BCUT2D eigenvalue weighted by Gasteiger charge is -2.23. The molecule has 0 N–H and O–H groups in total. The van der Waals surface area contributed by atoms with E-state index in [4.69, 9.17) is 2.74 Å². The Labute approximate surface area is 153 Å². The molecule has 126 valence electrons. The molecule has 1 aliphatic carbocycles. The van der Waals surface area contributed by atoms with Crippen LogP contribution in [-0.4, -0.2) is 0 Å². The van der Waals surface area contributed by atoms with Gasteiger partial charge in [0, 0.05) is 25.9 Å². The molecule has 1 aromatic heterocycles. The first kappa shape index (κ1) is 13.8. The molecule has 1 nitrogen and oxygen atoms in total. The molecule has 0 saturated carbocycles. The summed E-state index contributed by atoms with van der Waals surface area (Å²) in [5, 5.41) is 0. The molecule has 0 aliphatic heterocycles. The number of pyridine rings is 1. The summed E-state index contributed by atoms with van der Waals surface area (Å²) >= 11 is 0. The Bertz CT molecular complexity index is 1060. The smallest absolute Gasteiger partial charge is 0.201 e. The van der Waals surface area contributed by atoms with Crippen molar-refractivity contribution in [1.82, 2.24) is 0 Å². The van der Waals surface area contributed by atoms with Crippen molar-refractivity contribution in [1.29, 1.82) is 0 Å². The Morgan fingerprint density at radius 2 is 1.72 bits per heavy atom. The molecule has 25 heavy (non-hydrogen) atoms. The van der Waals surface area contributed by atoms with Crippen LogP contribution in [0.2, 0.25) is 0 Å². The van der Waals surface area contributed by atoms with E-state index in [1.54, 1.807) is 6.92 Å². The molecule has 0 unspecified atom stereocenters. The van der Waals surface area contributed by atoms with Gasteiger partial charge in [-0.25, -0.2) is 4.57 Å². The van der Waals surface area contributed by atoms with Crippen molar-refractivity contribution in [2.24, 2.45) is 7.05 Å². The van der Waals surface area contributed by atoms with E-state index < -0.39 is 6.37 Å². The highest BCUT2D eigenvalue weighted by Crippen LogP contribution is 2.53. The van der Waals surface area contributed by atoms with Gasteiger partial charge in [-0.15, -0.1) is 0 Å². The van der Waals surface area contributed by atoms with E-state index >= 15 is 0 Å². The summed E-state index contributed by atoms with van der Waals surface area (Å²) < 4.78 is 19.0. The predicted molar refractivity (Wildman–Crippen MR) is 105 cm³/mol. The molecule has 0 saturated heterocycles. The number of nitrogens with zero attached hydrogens (tertiary/aromatic N) is 1. The second-order valence-corrected chi connectivity index (χ2v) is 7.46. The summed E-state index contributed by atoms with van der Waals surface area (Å²) in [5.41, 5.74) is 8.96. The minimum absolute atomic E-state index is 0.151. The van der Waals surface area contributed by atoms with E-state index in [0.29, 0.717) is 0 Å². The average molecular weight is 330 g/mol. The summed E-state index contributed by atoms with van der Waals surface area (Å²) in [6.45, 7) is 8.21. The van der Waals surface area contributed by atoms with Crippen LogP contribution in [0.15, 0.2) is 54.7 Å². The third-order valence-electron chi connectivity index (χ3n) is 5.71. The molecule has 0 fully saturated rings. The van der Waals surface area contributed by atoms with Gasteiger partial charge in [-0.3, -0.25) is 0 Å². The number of hydrogen-bond acceptors (Lipinski definition) is 0. The monoisotopic (exact) mass is 330 g/mol. The average Bonchev–Trinajstić information content (AvgIpc) is 2.82. The highest BCUT2D eigenvalue weighted by molar-refractivity contribution is 5.93. The summed E-state index contributed by atoms with van der Waals surface area (Å²) in [7, 11) is 2.06. The maximum atomic E-state index is 8.44. The number of rotatable bonds is 2. The standard InChI is InChI=1S/C24H26N/c1-6-17-15-20-23(18-11-7-8-12-19(18)24(20,3)4)22(16(17)2)21-13-9-10-14-25(21)5/h7-15H,6H2,1-5H3/q+1/i6D2. The van der Waals surface area contributed by atoms with Crippen molar-refractivity contribution in [3.05, 3.63) is 77.0 Å². The fourth-order valence-electron chi connectivity index (χ4n) is 4.31. The van der Waals surface area contributed by atoms with Gasteiger partial charge in [-0.1, -0.05) is 51.1 Å². The molecule has 4 rings (SSSR count). The maximum absolute atomic E-state index is 8.44. The Balaban J connectivity index is 2.21. The van der Waals surface area contributed by atoms with Crippen molar-refractivity contribution in [2.45, 2.75) is 39.5 Å². The number of fused-ring (bicyclic) bond motifs is 3. The first-order valence-electron chi connectivity index (χ1n) is 9.87. The lowest BCUT2D eigenvalue weighted by atomic mass is 9.80. The van der Waals surface area contributed by atoms with E-state index in [-0.39, 0.29) is 5.41 Å². The van der Waals surface area contributed by atoms with Crippen molar-refractivity contribution >= 4 is 0 Å². The summed E-state index contributed by atoms with van der Waals surface area (Å²) in [6, 6.07) is 16.9. The highest BCUT2D eigenvalue weighted by Gasteiger charge is 2.38. The van der Waals surface area contributed by atoms with Gasteiger partial charge in [0.2, 0.25) is 5.69 Å². The van der Waals surface area contributed by atoms with Gasteiger partial charge < -0.3 is 0 Å². The van der Waals surface area contributed by atoms with Crippen molar-refractivity contribution in [2.75, 3.05) is 0 Å². The van der Waals surface area contributed by atoms with Crippen LogP contribution in [0.3, 0.4) is 0 Å². The van der Waals surface area contributed by atoms with Crippen LogP contribution >= 0.6 is 0 Å². The molecule has 1 heterocycles. The Morgan fingerprint density at radius 3 is 2.44 bits per heavy atom. The molecule has 0 spiro atoms. The Kier molecular flexibility index (Phi) is 3.07. The molecule has 1 aliphatic rings. The van der Waals surface area contributed by atoms with Crippen molar-refractivity contribution < 1.29 is 7.31 Å². The zero-order chi connectivity index (χ0) is 19.6. The Hall–Kier alpha value is -2.41. The number of hydrogen-bond donors (Lipinski definition) is 0. The molecule has 0 amide bonds. The minimum Gasteiger partial charge on any atom is -0.201 e. The molecule has 2 aromatic carbocycles. The van der Waals surface area contributed by atoms with Gasteiger partial charge in [0.25, 0.3) is 0 Å². The molecule has 0 atom stereocenters. The molecule has 1 heteroatoms. The van der Waals surface area contributed by atoms with Crippen LogP contribution < -0.4 is 4.57 Å². The third-order valence-corrected chi connectivity index (χ3v) is 5.71. The van der Waals surface area contributed by atoms with Gasteiger partial charge in [0.05, 0.1) is 5.56 Å². The second-order valence-electron chi connectivity index (χ2n) is 7.46. The topological polar surface area (TPSA) is 3.88 Å². The predicted octanol–water partition coefficient (Wildman–Crippen LogP) is 5.36. The SMILES string of the molecule is [2H]C([2H])(C)c1cc2c(c(-c3cccc[n+]3C)c1C)-c1ccccc1C2(C)C. The Morgan fingerprint density at radius 1 is 1.00 bits per heavy atom. The zero-order valence-corrected chi connectivity index (χ0v) is 15.6. The van der Waals surface area contributed by atoms with Gasteiger partial charge in [0.15, 0.2) is 6.20 Å². The van der Waals surface area contributed by atoms with Gasteiger partial charge in [0.1, 0.15) is 7.05 Å². The molecule has 0 radical (unpaired) electrons. The quantitative estimate of drug-likeness (QED) is 0.557. The number of benzene rings is 2. The normalized spacial score (nSPS) is 16.0. The van der Waals surface area contributed by atoms with Crippen LogP contribution in [0.5, 0.6) is 0 Å². The van der Waals surface area contributed by atoms with Crippen LogP contribution in [-0.2, 0) is 18.8 Å². The fraction of sp³-hybridized carbons (Fsp3) is 0.292. The first-order valence-corrected chi connectivity index (χ1v) is 8.87. The largest absolute Gasteiger partial charge is 0.213 e. The van der Waals surface area contributed by atoms with Gasteiger partial charge in [-0.05, 0) is 47.2 Å². The van der Waals surface area contributed by atoms with E-state index in [2.05, 4.69) is 81.0 Å². The molecular weight excluding hydrogens is 302 g/mol. The lowest BCUT2D eigenvalue weighted by molar-refractivity contribution is -0.660. The third kappa shape index (κ3) is 2.18. The van der Waals surface area contributed by atoms with Crippen LogP contribution in [0.4, 0.5) is 0 Å². The van der Waals surface area contributed by atoms with Gasteiger partial charge >= 0.3 is 0 Å². The van der Waals surface area contributed by atoms with E-state index in [1.807, 2.05) is 6.07 Å². The van der Waals surface area contributed by atoms with Crippen LogP contribution in [0.1, 0.15) is 45.8 Å². The van der Waals surface area contributed by atoms with Crippen LogP contribution in [0.25, 0.3) is 22.4 Å². The van der Waals surface area contributed by atoms with E-state index in [9.17, 15) is 0 Å². The second kappa shape index (κ2) is 5.56. The molecule has 3 aromatic rings. The maximum Gasteiger partial charge on any atom is 0.213 e. The minimum atomic E-state index is -1.40. The summed E-state index contributed by atoms with van der Waals surface area (Å²) in [5.74, 6) is 0. The zero-order valence-electron chi connectivity index (χ0n) is 17.6. The fourth-order valence-corrected chi connectivity index (χ4v) is 4.31. The van der Waals surface area contributed by atoms with E-state index in [1.165, 1.54) is 22.3 Å².